The number of carbonyl (C=O) groups excluding carboxylic acids is 1. The third kappa shape index (κ3) is 4.73. The normalized spacial score (nSPS) is 16.1. The molecule has 2 aromatic carbocycles. The van der Waals surface area contributed by atoms with Crippen molar-refractivity contribution in [2.75, 3.05) is 25.2 Å². The number of amides is 1. The Morgan fingerprint density at radius 3 is 2.84 bits per heavy atom. The summed E-state index contributed by atoms with van der Waals surface area (Å²) in [7, 11) is 1.59. The smallest absolute Gasteiger partial charge is 0.269 e. The van der Waals surface area contributed by atoms with Gasteiger partial charge >= 0.3 is 0 Å². The molecular weight excluding hydrogens is 418 g/mol. The maximum absolute atomic E-state index is 13.1. The number of ether oxygens (including phenoxy) is 2. The summed E-state index contributed by atoms with van der Waals surface area (Å²) in [6.07, 6.45) is 4.93. The second kappa shape index (κ2) is 9.23. The molecule has 1 saturated heterocycles. The molecule has 0 N–H and O–H groups in total. The van der Waals surface area contributed by atoms with E-state index in [1.54, 1.807) is 30.2 Å². The SMILES string of the molecule is COc1cccc2sc(N(CC3CCCO3)C(=O)/C=C\c3ccc([N+](=O)[O-])cc3)nc12. The molecule has 1 atom stereocenters. The van der Waals surface area contributed by atoms with Crippen molar-refractivity contribution in [1.82, 2.24) is 4.98 Å². The van der Waals surface area contributed by atoms with Crippen LogP contribution >= 0.6 is 11.3 Å². The van der Waals surface area contributed by atoms with Crippen LogP contribution in [-0.2, 0) is 9.53 Å². The number of benzene rings is 2. The average molecular weight is 439 g/mol. The number of nitro benzene ring substituents is 1. The molecule has 1 unspecified atom stereocenters. The number of nitrogens with zero attached hydrogens (tertiary/aromatic N) is 3. The van der Waals surface area contributed by atoms with Gasteiger partial charge in [-0.25, -0.2) is 4.98 Å². The number of carbonyl (C=O) groups is 1. The number of hydrogen-bond donors (Lipinski definition) is 0. The van der Waals surface area contributed by atoms with Crippen LogP contribution in [0.5, 0.6) is 5.75 Å². The molecule has 2 heterocycles. The van der Waals surface area contributed by atoms with E-state index in [4.69, 9.17) is 9.47 Å². The van der Waals surface area contributed by atoms with Crippen molar-refractivity contribution < 1.29 is 19.2 Å². The zero-order chi connectivity index (χ0) is 21.8. The summed E-state index contributed by atoms with van der Waals surface area (Å²) in [5.41, 5.74) is 1.42. The van der Waals surface area contributed by atoms with Crippen LogP contribution < -0.4 is 9.64 Å². The van der Waals surface area contributed by atoms with Gasteiger partial charge in [0.2, 0.25) is 0 Å². The summed E-state index contributed by atoms with van der Waals surface area (Å²) in [6, 6.07) is 11.7. The van der Waals surface area contributed by atoms with Crippen molar-refractivity contribution in [3.63, 3.8) is 0 Å². The van der Waals surface area contributed by atoms with Gasteiger partial charge in [-0.05, 0) is 48.7 Å². The fourth-order valence-electron chi connectivity index (χ4n) is 3.41. The molecule has 0 bridgehead atoms. The molecule has 8 nitrogen and oxygen atoms in total. The van der Waals surface area contributed by atoms with Crippen molar-refractivity contribution in [1.29, 1.82) is 0 Å². The van der Waals surface area contributed by atoms with E-state index in [1.165, 1.54) is 29.5 Å². The number of aromatic nitrogens is 1. The minimum atomic E-state index is -0.455. The number of rotatable bonds is 7. The molecule has 31 heavy (non-hydrogen) atoms. The van der Waals surface area contributed by atoms with Crippen molar-refractivity contribution in [3.8, 4) is 5.75 Å². The number of thiazole rings is 1. The zero-order valence-electron chi connectivity index (χ0n) is 16.9. The van der Waals surface area contributed by atoms with E-state index in [0.717, 1.165) is 23.1 Å². The second-order valence-electron chi connectivity index (χ2n) is 7.07. The summed E-state index contributed by atoms with van der Waals surface area (Å²) in [5, 5.41) is 11.4. The van der Waals surface area contributed by atoms with Crippen molar-refractivity contribution >= 4 is 44.4 Å². The van der Waals surface area contributed by atoms with E-state index in [2.05, 4.69) is 4.98 Å². The predicted octanol–water partition coefficient (Wildman–Crippen LogP) is 4.44. The van der Waals surface area contributed by atoms with Gasteiger partial charge in [-0.1, -0.05) is 17.4 Å². The largest absolute Gasteiger partial charge is 0.494 e. The van der Waals surface area contributed by atoms with Crippen molar-refractivity contribution in [3.05, 3.63) is 64.2 Å². The molecule has 0 saturated carbocycles. The molecule has 4 rings (SSSR count). The maximum atomic E-state index is 13.1. The molecule has 1 amide bonds. The first-order chi connectivity index (χ1) is 15.0. The van der Waals surface area contributed by atoms with E-state index < -0.39 is 4.92 Å². The molecule has 9 heteroatoms. The molecule has 1 aromatic heterocycles. The molecular formula is C22H21N3O5S. The van der Waals surface area contributed by atoms with Gasteiger partial charge < -0.3 is 9.47 Å². The lowest BCUT2D eigenvalue weighted by molar-refractivity contribution is -0.384. The third-order valence-corrected chi connectivity index (χ3v) is 6.06. The highest BCUT2D eigenvalue weighted by atomic mass is 32.1. The van der Waals surface area contributed by atoms with Crippen LogP contribution in [0.1, 0.15) is 18.4 Å². The highest BCUT2D eigenvalue weighted by molar-refractivity contribution is 7.22. The fraction of sp³-hybridized carbons (Fsp3) is 0.273. The van der Waals surface area contributed by atoms with E-state index in [9.17, 15) is 14.9 Å². The van der Waals surface area contributed by atoms with Crippen molar-refractivity contribution in [2.45, 2.75) is 18.9 Å². The number of non-ortho nitro benzene ring substituents is 1. The van der Waals surface area contributed by atoms with Crippen LogP contribution in [0.15, 0.2) is 48.5 Å². The number of methoxy groups -OCH3 is 1. The summed E-state index contributed by atoms with van der Waals surface area (Å²) >= 11 is 1.42. The van der Waals surface area contributed by atoms with Crippen LogP contribution in [0.4, 0.5) is 10.8 Å². The number of nitro groups is 1. The fourth-order valence-corrected chi connectivity index (χ4v) is 4.41. The Balaban J connectivity index is 1.61. The quantitative estimate of drug-likeness (QED) is 0.307. The second-order valence-corrected chi connectivity index (χ2v) is 8.08. The number of fused-ring (bicyclic) bond motifs is 1. The van der Waals surface area contributed by atoms with Crippen LogP contribution in [0.2, 0.25) is 0 Å². The Morgan fingerprint density at radius 2 is 2.16 bits per heavy atom. The lowest BCUT2D eigenvalue weighted by Gasteiger charge is -2.21. The Labute approximate surface area is 182 Å². The Kier molecular flexibility index (Phi) is 6.24. The van der Waals surface area contributed by atoms with E-state index >= 15 is 0 Å². The molecule has 1 fully saturated rings. The lowest BCUT2D eigenvalue weighted by Crippen LogP contribution is -2.36. The predicted molar refractivity (Wildman–Crippen MR) is 120 cm³/mol. The van der Waals surface area contributed by atoms with Gasteiger partial charge in [-0.3, -0.25) is 19.8 Å². The molecule has 0 spiro atoms. The summed E-state index contributed by atoms with van der Waals surface area (Å²) < 4.78 is 12.1. The molecule has 1 aliphatic heterocycles. The minimum Gasteiger partial charge on any atom is -0.494 e. The minimum absolute atomic E-state index is 0.00640. The highest BCUT2D eigenvalue weighted by Gasteiger charge is 2.25. The van der Waals surface area contributed by atoms with Gasteiger partial charge in [-0.15, -0.1) is 0 Å². The van der Waals surface area contributed by atoms with Crippen LogP contribution in [0.25, 0.3) is 16.3 Å². The van der Waals surface area contributed by atoms with E-state index in [0.29, 0.717) is 29.6 Å². The summed E-state index contributed by atoms with van der Waals surface area (Å²) in [6.45, 7) is 1.10. The van der Waals surface area contributed by atoms with Crippen molar-refractivity contribution in [2.24, 2.45) is 0 Å². The topological polar surface area (TPSA) is 94.8 Å². The average Bonchev–Trinajstić information content (AvgIpc) is 3.45. The standard InChI is InChI=1S/C22H21N3O5S/c1-29-18-5-2-6-19-21(18)23-22(31-19)24(14-17-4-3-13-30-17)20(26)12-9-15-7-10-16(11-8-15)25(27)28/h2,5-12,17H,3-4,13-14H2,1H3/b12-9-. The van der Waals surface area contributed by atoms with Gasteiger partial charge in [0.25, 0.3) is 11.6 Å². The number of para-hydroxylation sites is 1. The third-order valence-electron chi connectivity index (χ3n) is 5.02. The van der Waals surface area contributed by atoms with Gasteiger partial charge in [0.05, 0.1) is 29.4 Å². The molecule has 0 aliphatic carbocycles. The van der Waals surface area contributed by atoms with E-state index in [-0.39, 0.29) is 17.7 Å². The molecule has 0 radical (unpaired) electrons. The number of anilines is 1. The highest BCUT2D eigenvalue weighted by Crippen LogP contribution is 2.34. The summed E-state index contributed by atoms with van der Waals surface area (Å²) in [4.78, 5) is 29.8. The Morgan fingerprint density at radius 1 is 1.35 bits per heavy atom. The molecule has 1 aliphatic rings. The van der Waals surface area contributed by atoms with Gasteiger partial charge in [-0.2, -0.15) is 0 Å². The Hall–Kier alpha value is -3.30. The lowest BCUT2D eigenvalue weighted by atomic mass is 10.2. The first-order valence-corrected chi connectivity index (χ1v) is 10.7. The molecule has 160 valence electrons. The Bertz CT molecular complexity index is 1120. The van der Waals surface area contributed by atoms with Gasteiger partial charge in [0.1, 0.15) is 11.3 Å². The maximum Gasteiger partial charge on any atom is 0.269 e. The summed E-state index contributed by atoms with van der Waals surface area (Å²) in [5.74, 6) is 0.429. The van der Waals surface area contributed by atoms with Crippen LogP contribution in [0, 0.1) is 10.1 Å². The monoisotopic (exact) mass is 439 g/mol. The molecule has 3 aromatic rings. The van der Waals surface area contributed by atoms with Crippen LogP contribution in [0.3, 0.4) is 0 Å². The zero-order valence-corrected chi connectivity index (χ0v) is 17.7. The first-order valence-electron chi connectivity index (χ1n) is 9.84. The van der Waals surface area contributed by atoms with Gasteiger partial charge in [0, 0.05) is 24.8 Å². The van der Waals surface area contributed by atoms with E-state index in [1.807, 2.05) is 18.2 Å². The van der Waals surface area contributed by atoms with Gasteiger partial charge in [0.15, 0.2) is 5.13 Å². The number of hydrogen-bond acceptors (Lipinski definition) is 7. The van der Waals surface area contributed by atoms with Crippen LogP contribution in [-0.4, -0.2) is 42.2 Å². The first kappa shape index (κ1) is 21.0.